The molecule has 2 N–H and O–H groups in total. The number of hydrogen-bond donors (Lipinski definition) is 1. The second-order valence-corrected chi connectivity index (χ2v) is 6.84. The van der Waals surface area contributed by atoms with E-state index in [9.17, 15) is 4.79 Å². The number of nitrogens with zero attached hydrogens (tertiary/aromatic N) is 3. The quantitative estimate of drug-likeness (QED) is 0.720. The van der Waals surface area contributed by atoms with Crippen LogP contribution in [0.5, 0.6) is 0 Å². The fourth-order valence-electron chi connectivity index (χ4n) is 3.17. The van der Waals surface area contributed by atoms with Gasteiger partial charge in [0.15, 0.2) is 0 Å². The average molecular weight is 422 g/mol. The summed E-state index contributed by atoms with van der Waals surface area (Å²) in [6.45, 7) is 14.2. The first kappa shape index (κ1) is 27.4. The highest BCUT2D eigenvalue weighted by molar-refractivity contribution is 5.86. The molecule has 0 aromatic carbocycles. The third-order valence-electron chi connectivity index (χ3n) is 4.82. The molecule has 152 valence electrons. The number of hydrogen-bond acceptors (Lipinski definition) is 5. The molecule has 1 amide bonds. The molecule has 0 bridgehead atoms. The van der Waals surface area contributed by atoms with Gasteiger partial charge in [0.05, 0.1) is 12.7 Å². The number of carbonyl (C=O) groups is 1. The summed E-state index contributed by atoms with van der Waals surface area (Å²) in [6, 6.07) is 0.582. The van der Waals surface area contributed by atoms with E-state index in [1.54, 1.807) is 0 Å². The Bertz CT molecular complexity index is 369. The van der Waals surface area contributed by atoms with Crippen LogP contribution in [-0.2, 0) is 9.53 Å². The van der Waals surface area contributed by atoms with Crippen molar-refractivity contribution in [2.24, 2.45) is 11.7 Å². The van der Waals surface area contributed by atoms with Crippen molar-refractivity contribution in [2.45, 2.75) is 32.9 Å². The van der Waals surface area contributed by atoms with E-state index in [1.807, 2.05) is 11.8 Å². The van der Waals surface area contributed by atoms with E-state index >= 15 is 0 Å². The maximum absolute atomic E-state index is 12.1. The molecule has 6 nitrogen and oxygen atoms in total. The lowest BCUT2D eigenvalue weighted by atomic mass is 10.1. The summed E-state index contributed by atoms with van der Waals surface area (Å²) < 4.78 is 5.91. The van der Waals surface area contributed by atoms with Crippen LogP contribution in [0, 0.1) is 5.92 Å². The summed E-state index contributed by atoms with van der Waals surface area (Å²) in [5, 5.41) is 0. The number of piperazine rings is 1. The molecule has 2 saturated heterocycles. The Kier molecular flexibility index (Phi) is 14.6. The number of nitrogens with two attached hydrogens (primary N) is 1. The molecule has 2 unspecified atom stereocenters. The third-order valence-corrected chi connectivity index (χ3v) is 4.82. The highest BCUT2D eigenvalue weighted by Crippen LogP contribution is 2.12. The first-order chi connectivity index (χ1) is 10.5. The van der Waals surface area contributed by atoms with Crippen LogP contribution in [0.25, 0.3) is 0 Å². The van der Waals surface area contributed by atoms with Gasteiger partial charge in [-0.3, -0.25) is 14.6 Å². The van der Waals surface area contributed by atoms with Gasteiger partial charge in [-0.2, -0.15) is 0 Å². The van der Waals surface area contributed by atoms with Gasteiger partial charge in [0.25, 0.3) is 0 Å². The molecule has 0 radical (unpaired) electrons. The molecule has 2 fully saturated rings. The Morgan fingerprint density at radius 2 is 1.68 bits per heavy atom. The number of carbonyl (C=O) groups excluding carboxylic acids is 1. The van der Waals surface area contributed by atoms with Crippen molar-refractivity contribution >= 4 is 43.1 Å². The van der Waals surface area contributed by atoms with Crippen molar-refractivity contribution in [3.05, 3.63) is 0 Å². The van der Waals surface area contributed by atoms with Crippen molar-refractivity contribution in [2.75, 3.05) is 59.0 Å². The van der Waals surface area contributed by atoms with Gasteiger partial charge >= 0.3 is 0 Å². The zero-order valence-corrected chi connectivity index (χ0v) is 18.0. The van der Waals surface area contributed by atoms with Crippen molar-refractivity contribution < 1.29 is 9.53 Å². The van der Waals surface area contributed by atoms with Gasteiger partial charge in [0.2, 0.25) is 5.91 Å². The van der Waals surface area contributed by atoms with Crippen LogP contribution in [0.3, 0.4) is 0 Å². The summed E-state index contributed by atoms with van der Waals surface area (Å²) in [5.74, 6) is 0.134. The second-order valence-electron chi connectivity index (χ2n) is 6.84. The van der Waals surface area contributed by atoms with Crippen LogP contribution in [0.15, 0.2) is 0 Å². The molecule has 2 aliphatic heterocycles. The van der Waals surface area contributed by atoms with Crippen LogP contribution in [0.4, 0.5) is 0 Å². The maximum Gasteiger partial charge on any atom is 0.226 e. The summed E-state index contributed by atoms with van der Waals surface area (Å²) in [6.07, 6.45) is 0.293. The van der Waals surface area contributed by atoms with Gasteiger partial charge in [-0.1, -0.05) is 6.92 Å². The highest BCUT2D eigenvalue weighted by Gasteiger charge is 2.28. The zero-order valence-electron chi connectivity index (χ0n) is 15.6. The summed E-state index contributed by atoms with van der Waals surface area (Å²) in [7, 11) is 0. The molecule has 0 saturated carbocycles. The summed E-state index contributed by atoms with van der Waals surface area (Å²) in [5.41, 5.74) is 5.59. The lowest BCUT2D eigenvalue weighted by Crippen LogP contribution is -2.55. The number of halogens is 3. The first-order valence-corrected chi connectivity index (χ1v) is 8.58. The van der Waals surface area contributed by atoms with E-state index in [-0.39, 0.29) is 49.0 Å². The Balaban J connectivity index is 0. The Labute approximate surface area is 171 Å². The van der Waals surface area contributed by atoms with Gasteiger partial charge in [-0.25, -0.2) is 0 Å². The monoisotopic (exact) mass is 420 g/mol. The SMILES string of the molecule is CC(CN)C(=O)N1CCN(CC2CN(C(C)C)CCO2)CC1.Cl.Cl.Cl. The Hall–Kier alpha value is 0.180. The number of morpholine rings is 1. The highest BCUT2D eigenvalue weighted by atomic mass is 35.5. The molecule has 0 spiro atoms. The van der Waals surface area contributed by atoms with E-state index in [4.69, 9.17) is 10.5 Å². The van der Waals surface area contributed by atoms with Crippen molar-refractivity contribution in [3.63, 3.8) is 0 Å². The molecular weight excluding hydrogens is 387 g/mol. The summed E-state index contributed by atoms with van der Waals surface area (Å²) >= 11 is 0. The first-order valence-electron chi connectivity index (χ1n) is 8.58. The summed E-state index contributed by atoms with van der Waals surface area (Å²) in [4.78, 5) is 19.0. The Morgan fingerprint density at radius 1 is 1.08 bits per heavy atom. The molecule has 2 rings (SSSR count). The van der Waals surface area contributed by atoms with Gasteiger partial charge in [0.1, 0.15) is 0 Å². The fraction of sp³-hybridized carbons (Fsp3) is 0.938. The predicted molar refractivity (Wildman–Crippen MR) is 109 cm³/mol. The van der Waals surface area contributed by atoms with Crippen molar-refractivity contribution in [3.8, 4) is 0 Å². The molecule has 0 aromatic rings. The Morgan fingerprint density at radius 3 is 2.20 bits per heavy atom. The van der Waals surface area contributed by atoms with Crippen molar-refractivity contribution in [1.82, 2.24) is 14.7 Å². The van der Waals surface area contributed by atoms with E-state index in [1.165, 1.54) is 0 Å². The average Bonchev–Trinajstić information content (AvgIpc) is 2.54. The molecule has 2 atom stereocenters. The lowest BCUT2D eigenvalue weighted by Gasteiger charge is -2.40. The topological polar surface area (TPSA) is 62.0 Å². The maximum atomic E-state index is 12.1. The van der Waals surface area contributed by atoms with Gasteiger partial charge < -0.3 is 15.4 Å². The number of amides is 1. The zero-order chi connectivity index (χ0) is 16.1. The van der Waals surface area contributed by atoms with Crippen LogP contribution < -0.4 is 5.73 Å². The van der Waals surface area contributed by atoms with Crippen LogP contribution >= 0.6 is 37.2 Å². The van der Waals surface area contributed by atoms with Crippen molar-refractivity contribution in [1.29, 1.82) is 0 Å². The number of ether oxygens (including phenoxy) is 1. The standard InChI is InChI=1S/C16H32N4O2.3ClH/c1-13(2)20-8-9-22-15(12-20)11-18-4-6-19(7-5-18)16(21)14(3)10-17;;;/h13-15H,4-12,17H2,1-3H3;3*1H. The van der Waals surface area contributed by atoms with Gasteiger partial charge in [-0.05, 0) is 13.8 Å². The van der Waals surface area contributed by atoms with Crippen LogP contribution in [-0.4, -0.2) is 91.7 Å². The molecule has 2 heterocycles. The molecule has 0 aromatic heterocycles. The molecule has 9 heteroatoms. The number of rotatable bonds is 5. The molecular formula is C16H35Cl3N4O2. The lowest BCUT2D eigenvalue weighted by molar-refractivity contribution is -0.136. The third kappa shape index (κ3) is 8.16. The smallest absolute Gasteiger partial charge is 0.226 e. The van der Waals surface area contributed by atoms with Crippen LogP contribution in [0.2, 0.25) is 0 Å². The predicted octanol–water partition coefficient (Wildman–Crippen LogP) is 1.10. The molecule has 2 aliphatic rings. The van der Waals surface area contributed by atoms with E-state index in [2.05, 4.69) is 23.6 Å². The van der Waals surface area contributed by atoms with E-state index in [0.29, 0.717) is 18.7 Å². The normalized spacial score (nSPS) is 23.2. The minimum atomic E-state index is -0.0622. The minimum absolute atomic E-state index is 0. The van der Waals surface area contributed by atoms with Gasteiger partial charge in [0, 0.05) is 64.3 Å². The fourth-order valence-corrected chi connectivity index (χ4v) is 3.17. The van der Waals surface area contributed by atoms with E-state index in [0.717, 1.165) is 52.4 Å². The van der Waals surface area contributed by atoms with Gasteiger partial charge in [-0.15, -0.1) is 37.2 Å². The van der Waals surface area contributed by atoms with Crippen LogP contribution in [0.1, 0.15) is 20.8 Å². The molecule has 0 aliphatic carbocycles. The second kappa shape index (κ2) is 13.4. The van der Waals surface area contributed by atoms with E-state index < -0.39 is 0 Å². The largest absolute Gasteiger partial charge is 0.374 e. The minimum Gasteiger partial charge on any atom is -0.374 e. The molecule has 25 heavy (non-hydrogen) atoms.